The molecule has 1 aliphatic rings. The van der Waals surface area contributed by atoms with Crippen LogP contribution in [0.5, 0.6) is 11.5 Å². The fourth-order valence-corrected chi connectivity index (χ4v) is 2.75. The van der Waals surface area contributed by atoms with Gasteiger partial charge < -0.3 is 14.8 Å². The molecule has 21 heavy (non-hydrogen) atoms. The molecule has 4 nitrogen and oxygen atoms in total. The van der Waals surface area contributed by atoms with E-state index in [9.17, 15) is 0 Å². The summed E-state index contributed by atoms with van der Waals surface area (Å²) in [5, 5.41) is 3.52. The van der Waals surface area contributed by atoms with Crippen LogP contribution in [0.4, 0.5) is 0 Å². The minimum absolute atomic E-state index is 0.551. The lowest BCUT2D eigenvalue weighted by Crippen LogP contribution is -2.53. The number of hydrogen-bond acceptors (Lipinski definition) is 4. The first-order valence-electron chi connectivity index (χ1n) is 8.00. The molecule has 0 saturated carbocycles. The van der Waals surface area contributed by atoms with Crippen LogP contribution >= 0.6 is 0 Å². The molecule has 1 aromatic rings. The third kappa shape index (κ3) is 4.35. The summed E-state index contributed by atoms with van der Waals surface area (Å²) in [6.45, 7) is 12.9. The highest BCUT2D eigenvalue weighted by atomic mass is 16.5. The average Bonchev–Trinajstić information content (AvgIpc) is 2.46. The summed E-state index contributed by atoms with van der Waals surface area (Å²) < 4.78 is 11.3. The summed E-state index contributed by atoms with van der Waals surface area (Å²) in [5.41, 5.74) is 1.28. The molecule has 0 amide bonds. The highest BCUT2D eigenvalue weighted by molar-refractivity contribution is 5.43. The van der Waals surface area contributed by atoms with Gasteiger partial charge in [-0.3, -0.25) is 4.90 Å². The summed E-state index contributed by atoms with van der Waals surface area (Å²) >= 11 is 0. The van der Waals surface area contributed by atoms with Crippen LogP contribution < -0.4 is 14.8 Å². The molecule has 118 valence electrons. The quantitative estimate of drug-likeness (QED) is 0.874. The van der Waals surface area contributed by atoms with Gasteiger partial charge in [-0.15, -0.1) is 0 Å². The van der Waals surface area contributed by atoms with E-state index in [4.69, 9.17) is 9.47 Å². The molecule has 1 heterocycles. The summed E-state index contributed by atoms with van der Waals surface area (Å²) in [6, 6.07) is 7.40. The predicted octanol–water partition coefficient (Wildman–Crippen LogP) is 2.67. The highest BCUT2D eigenvalue weighted by Crippen LogP contribution is 2.29. The number of benzene rings is 1. The molecule has 1 fully saturated rings. The number of piperazine rings is 1. The van der Waals surface area contributed by atoms with Crippen molar-refractivity contribution < 1.29 is 9.47 Å². The van der Waals surface area contributed by atoms with E-state index < -0.39 is 0 Å². The number of ether oxygens (including phenoxy) is 2. The van der Waals surface area contributed by atoms with Crippen LogP contribution in [0.1, 0.15) is 33.3 Å². The van der Waals surface area contributed by atoms with Crippen LogP contribution in [0.25, 0.3) is 0 Å². The molecule has 0 spiro atoms. The van der Waals surface area contributed by atoms with Gasteiger partial charge in [0.1, 0.15) is 0 Å². The maximum Gasteiger partial charge on any atom is 0.161 e. The highest BCUT2D eigenvalue weighted by Gasteiger charge is 2.22. The van der Waals surface area contributed by atoms with Crippen LogP contribution in [0.2, 0.25) is 0 Å². The van der Waals surface area contributed by atoms with Crippen LogP contribution in [0.3, 0.4) is 0 Å². The number of rotatable bonds is 6. The summed E-state index contributed by atoms with van der Waals surface area (Å²) in [6.07, 6.45) is 0. The minimum atomic E-state index is 0.551. The van der Waals surface area contributed by atoms with Gasteiger partial charge in [-0.25, -0.2) is 0 Å². The normalized spacial score (nSPS) is 23.0. The molecule has 0 bridgehead atoms. The van der Waals surface area contributed by atoms with Gasteiger partial charge in [0.05, 0.1) is 13.2 Å². The van der Waals surface area contributed by atoms with E-state index in [-0.39, 0.29) is 0 Å². The van der Waals surface area contributed by atoms with E-state index in [2.05, 4.69) is 36.2 Å². The largest absolute Gasteiger partial charge is 0.490 e. The molecule has 2 unspecified atom stereocenters. The summed E-state index contributed by atoms with van der Waals surface area (Å²) in [5.74, 6) is 1.69. The first-order valence-corrected chi connectivity index (χ1v) is 8.00. The van der Waals surface area contributed by atoms with Crippen molar-refractivity contribution in [3.63, 3.8) is 0 Å². The molecule has 1 aromatic carbocycles. The first-order chi connectivity index (χ1) is 10.1. The summed E-state index contributed by atoms with van der Waals surface area (Å²) in [4.78, 5) is 2.52. The van der Waals surface area contributed by atoms with Gasteiger partial charge in [0.2, 0.25) is 0 Å². The Bertz CT molecular complexity index is 450. The lowest BCUT2D eigenvalue weighted by atomic mass is 10.1. The van der Waals surface area contributed by atoms with Crippen molar-refractivity contribution in [2.24, 2.45) is 0 Å². The molecule has 0 aromatic heterocycles. The maximum atomic E-state index is 5.71. The van der Waals surface area contributed by atoms with Crippen molar-refractivity contribution in [1.29, 1.82) is 0 Å². The molecule has 1 N–H and O–H groups in total. The van der Waals surface area contributed by atoms with E-state index in [1.165, 1.54) is 5.56 Å². The molecule has 4 heteroatoms. The molecule has 1 saturated heterocycles. The smallest absolute Gasteiger partial charge is 0.161 e. The second-order valence-corrected chi connectivity index (χ2v) is 5.73. The minimum Gasteiger partial charge on any atom is -0.490 e. The van der Waals surface area contributed by atoms with Gasteiger partial charge in [-0.2, -0.15) is 0 Å². The third-order valence-corrected chi connectivity index (χ3v) is 3.89. The van der Waals surface area contributed by atoms with Crippen molar-refractivity contribution in [1.82, 2.24) is 10.2 Å². The van der Waals surface area contributed by atoms with Crippen LogP contribution in [0, 0.1) is 0 Å². The molecule has 2 rings (SSSR count). The Morgan fingerprint density at radius 2 is 1.86 bits per heavy atom. The standard InChI is InChI=1S/C17H28N2O2/c1-5-20-16-8-7-15(9-17(16)21-6-2)12-19-11-13(3)18-10-14(19)4/h7-9,13-14,18H,5-6,10-12H2,1-4H3. The average molecular weight is 292 g/mol. The Morgan fingerprint density at radius 3 is 2.57 bits per heavy atom. The Hall–Kier alpha value is -1.26. The van der Waals surface area contributed by atoms with Crippen molar-refractivity contribution in [3.8, 4) is 11.5 Å². The topological polar surface area (TPSA) is 33.7 Å². The lowest BCUT2D eigenvalue weighted by molar-refractivity contribution is 0.138. The van der Waals surface area contributed by atoms with Gasteiger partial charge in [0, 0.05) is 31.7 Å². The van der Waals surface area contributed by atoms with Crippen LogP contribution in [0.15, 0.2) is 18.2 Å². The zero-order valence-electron chi connectivity index (χ0n) is 13.7. The van der Waals surface area contributed by atoms with Crippen molar-refractivity contribution in [2.75, 3.05) is 26.3 Å². The van der Waals surface area contributed by atoms with Crippen LogP contribution in [-0.2, 0) is 6.54 Å². The van der Waals surface area contributed by atoms with Crippen molar-refractivity contribution >= 4 is 0 Å². The predicted molar refractivity (Wildman–Crippen MR) is 86.1 cm³/mol. The van der Waals surface area contributed by atoms with E-state index in [0.29, 0.717) is 25.3 Å². The monoisotopic (exact) mass is 292 g/mol. The fraction of sp³-hybridized carbons (Fsp3) is 0.647. The van der Waals surface area contributed by atoms with Gasteiger partial charge in [0.15, 0.2) is 11.5 Å². The molecular weight excluding hydrogens is 264 g/mol. The molecule has 0 radical (unpaired) electrons. The second kappa shape index (κ2) is 7.66. The van der Waals surface area contributed by atoms with Gasteiger partial charge in [-0.1, -0.05) is 6.07 Å². The first kappa shape index (κ1) is 16.1. The Labute approximate surface area is 128 Å². The zero-order chi connectivity index (χ0) is 15.2. The van der Waals surface area contributed by atoms with Crippen molar-refractivity contribution in [3.05, 3.63) is 23.8 Å². The fourth-order valence-electron chi connectivity index (χ4n) is 2.75. The summed E-state index contributed by atoms with van der Waals surface area (Å²) in [7, 11) is 0. The van der Waals surface area contributed by atoms with Crippen molar-refractivity contribution in [2.45, 2.75) is 46.3 Å². The van der Waals surface area contributed by atoms with E-state index in [0.717, 1.165) is 31.1 Å². The van der Waals surface area contributed by atoms with E-state index in [1.54, 1.807) is 0 Å². The molecule has 0 aliphatic carbocycles. The Morgan fingerprint density at radius 1 is 1.14 bits per heavy atom. The zero-order valence-corrected chi connectivity index (χ0v) is 13.7. The lowest BCUT2D eigenvalue weighted by Gasteiger charge is -2.37. The molecule has 1 aliphatic heterocycles. The number of nitrogens with one attached hydrogen (secondary N) is 1. The van der Waals surface area contributed by atoms with E-state index >= 15 is 0 Å². The molecule has 2 atom stereocenters. The Balaban J connectivity index is 2.10. The second-order valence-electron chi connectivity index (χ2n) is 5.73. The SMILES string of the molecule is CCOc1ccc(CN2CC(C)NCC2C)cc1OCC. The van der Waals surface area contributed by atoms with Gasteiger partial charge in [0.25, 0.3) is 0 Å². The van der Waals surface area contributed by atoms with E-state index in [1.807, 2.05) is 19.9 Å². The third-order valence-electron chi connectivity index (χ3n) is 3.89. The maximum absolute atomic E-state index is 5.71. The van der Waals surface area contributed by atoms with Crippen LogP contribution in [-0.4, -0.2) is 43.3 Å². The Kier molecular flexibility index (Phi) is 5.88. The van der Waals surface area contributed by atoms with Gasteiger partial charge in [-0.05, 0) is 45.4 Å². The number of hydrogen-bond donors (Lipinski definition) is 1. The van der Waals surface area contributed by atoms with Gasteiger partial charge >= 0.3 is 0 Å². The molecular formula is C17H28N2O2. The number of nitrogens with zero attached hydrogens (tertiary/aromatic N) is 1.